The molecule has 2 aromatic rings. The van der Waals surface area contributed by atoms with E-state index in [-0.39, 0.29) is 0 Å². The zero-order valence-electron chi connectivity index (χ0n) is 9.34. The SMILES string of the molecule is CCc1ccc(-c2ccc(OC)cn2)nn1. The fourth-order valence-electron chi connectivity index (χ4n) is 1.34. The van der Waals surface area contributed by atoms with Gasteiger partial charge in [-0.2, -0.15) is 5.10 Å². The van der Waals surface area contributed by atoms with Gasteiger partial charge in [-0.1, -0.05) is 6.92 Å². The van der Waals surface area contributed by atoms with E-state index in [9.17, 15) is 0 Å². The lowest BCUT2D eigenvalue weighted by atomic mass is 10.2. The number of methoxy groups -OCH3 is 1. The number of rotatable bonds is 3. The van der Waals surface area contributed by atoms with Gasteiger partial charge in [0.15, 0.2) is 0 Å². The highest BCUT2D eigenvalue weighted by Gasteiger charge is 2.02. The Morgan fingerprint density at radius 2 is 1.88 bits per heavy atom. The lowest BCUT2D eigenvalue weighted by Gasteiger charge is -2.02. The van der Waals surface area contributed by atoms with Gasteiger partial charge in [-0.15, -0.1) is 5.10 Å². The second-order valence-electron chi connectivity index (χ2n) is 3.35. The van der Waals surface area contributed by atoms with Crippen LogP contribution in [0.3, 0.4) is 0 Å². The van der Waals surface area contributed by atoms with E-state index >= 15 is 0 Å². The van der Waals surface area contributed by atoms with Crippen molar-refractivity contribution in [3.05, 3.63) is 36.2 Å². The quantitative estimate of drug-likeness (QED) is 0.786. The van der Waals surface area contributed by atoms with E-state index in [0.29, 0.717) is 0 Å². The standard InChI is InChI=1S/C12H13N3O/c1-3-9-4-6-12(15-14-9)11-7-5-10(16-2)8-13-11/h4-8H,3H2,1-2H3. The van der Waals surface area contributed by atoms with Crippen molar-refractivity contribution in [2.45, 2.75) is 13.3 Å². The summed E-state index contributed by atoms with van der Waals surface area (Å²) in [6.45, 7) is 2.05. The molecule has 0 aliphatic carbocycles. The molecule has 0 aliphatic rings. The van der Waals surface area contributed by atoms with E-state index in [4.69, 9.17) is 4.74 Å². The number of nitrogens with zero attached hydrogens (tertiary/aromatic N) is 3. The molecule has 82 valence electrons. The van der Waals surface area contributed by atoms with Crippen LogP contribution < -0.4 is 4.74 Å². The van der Waals surface area contributed by atoms with E-state index in [1.165, 1.54) is 0 Å². The maximum Gasteiger partial charge on any atom is 0.137 e. The van der Waals surface area contributed by atoms with Crippen molar-refractivity contribution < 1.29 is 4.74 Å². The fraction of sp³-hybridized carbons (Fsp3) is 0.250. The molecule has 2 heterocycles. The van der Waals surface area contributed by atoms with Gasteiger partial charge >= 0.3 is 0 Å². The summed E-state index contributed by atoms with van der Waals surface area (Å²) in [7, 11) is 1.62. The molecular formula is C12H13N3O. The monoisotopic (exact) mass is 215 g/mol. The van der Waals surface area contributed by atoms with Crippen molar-refractivity contribution in [1.82, 2.24) is 15.2 Å². The van der Waals surface area contributed by atoms with Crippen LogP contribution in [0.2, 0.25) is 0 Å². The molecule has 0 atom stereocenters. The third-order valence-corrected chi connectivity index (χ3v) is 2.32. The minimum atomic E-state index is 0.738. The molecule has 0 saturated carbocycles. The van der Waals surface area contributed by atoms with Gasteiger partial charge < -0.3 is 4.74 Å². The first-order valence-electron chi connectivity index (χ1n) is 5.16. The Morgan fingerprint density at radius 3 is 2.38 bits per heavy atom. The number of hydrogen-bond donors (Lipinski definition) is 0. The fourth-order valence-corrected chi connectivity index (χ4v) is 1.34. The highest BCUT2D eigenvalue weighted by atomic mass is 16.5. The second kappa shape index (κ2) is 4.70. The molecule has 0 N–H and O–H groups in total. The zero-order chi connectivity index (χ0) is 11.4. The smallest absolute Gasteiger partial charge is 0.137 e. The van der Waals surface area contributed by atoms with Crippen LogP contribution in [-0.2, 0) is 6.42 Å². The summed E-state index contributed by atoms with van der Waals surface area (Å²) in [6.07, 6.45) is 2.56. The van der Waals surface area contributed by atoms with Gasteiger partial charge in [0.2, 0.25) is 0 Å². The molecule has 0 saturated heterocycles. The van der Waals surface area contributed by atoms with Crippen molar-refractivity contribution in [3.63, 3.8) is 0 Å². The molecule has 2 aromatic heterocycles. The van der Waals surface area contributed by atoms with Crippen LogP contribution in [0.4, 0.5) is 0 Å². The number of ether oxygens (including phenoxy) is 1. The largest absolute Gasteiger partial charge is 0.495 e. The Hall–Kier alpha value is -1.97. The predicted octanol–water partition coefficient (Wildman–Crippen LogP) is 2.11. The molecule has 0 amide bonds. The van der Waals surface area contributed by atoms with Gasteiger partial charge in [0.1, 0.15) is 11.4 Å². The van der Waals surface area contributed by atoms with Crippen LogP contribution in [0.25, 0.3) is 11.4 Å². The topological polar surface area (TPSA) is 47.9 Å². The summed E-state index contributed by atoms with van der Waals surface area (Å²) in [5.41, 5.74) is 2.56. The Kier molecular flexibility index (Phi) is 3.10. The summed E-state index contributed by atoms with van der Waals surface area (Å²) in [5.74, 6) is 0.738. The van der Waals surface area contributed by atoms with E-state index in [1.54, 1.807) is 13.3 Å². The van der Waals surface area contributed by atoms with Gasteiger partial charge in [-0.25, -0.2) is 0 Å². The van der Waals surface area contributed by atoms with Crippen LogP contribution in [-0.4, -0.2) is 22.3 Å². The van der Waals surface area contributed by atoms with Crippen molar-refractivity contribution in [3.8, 4) is 17.1 Å². The second-order valence-corrected chi connectivity index (χ2v) is 3.35. The molecule has 0 radical (unpaired) electrons. The first-order chi connectivity index (χ1) is 7.83. The third kappa shape index (κ3) is 2.16. The van der Waals surface area contributed by atoms with Gasteiger partial charge in [0.05, 0.1) is 24.7 Å². The molecule has 16 heavy (non-hydrogen) atoms. The Morgan fingerprint density at radius 1 is 1.06 bits per heavy atom. The lowest BCUT2D eigenvalue weighted by molar-refractivity contribution is 0.413. The van der Waals surface area contributed by atoms with E-state index in [2.05, 4.69) is 22.1 Å². The molecule has 0 fully saturated rings. The molecule has 0 unspecified atom stereocenters. The van der Waals surface area contributed by atoms with Crippen LogP contribution in [0.15, 0.2) is 30.5 Å². The van der Waals surface area contributed by atoms with Crippen LogP contribution in [0.1, 0.15) is 12.6 Å². The highest BCUT2D eigenvalue weighted by Crippen LogP contribution is 2.16. The minimum absolute atomic E-state index is 0.738. The molecule has 0 aliphatic heterocycles. The Balaban J connectivity index is 2.28. The number of hydrogen-bond acceptors (Lipinski definition) is 4. The molecule has 4 heteroatoms. The van der Waals surface area contributed by atoms with Gasteiger partial charge in [0, 0.05) is 0 Å². The average molecular weight is 215 g/mol. The van der Waals surface area contributed by atoms with Gasteiger partial charge in [-0.3, -0.25) is 4.98 Å². The third-order valence-electron chi connectivity index (χ3n) is 2.32. The van der Waals surface area contributed by atoms with E-state index < -0.39 is 0 Å². The van der Waals surface area contributed by atoms with Crippen LogP contribution in [0.5, 0.6) is 5.75 Å². The van der Waals surface area contributed by atoms with Crippen LogP contribution >= 0.6 is 0 Å². The molecule has 0 bridgehead atoms. The molecule has 4 nitrogen and oxygen atoms in total. The predicted molar refractivity (Wildman–Crippen MR) is 61.2 cm³/mol. The summed E-state index contributed by atoms with van der Waals surface area (Å²) in [4.78, 5) is 4.25. The van der Waals surface area contributed by atoms with Crippen molar-refractivity contribution in [2.75, 3.05) is 7.11 Å². The Bertz CT molecular complexity index is 405. The number of aryl methyl sites for hydroxylation is 1. The number of aromatic nitrogens is 3. The van der Waals surface area contributed by atoms with Crippen molar-refractivity contribution in [1.29, 1.82) is 0 Å². The normalized spacial score (nSPS) is 10.1. The van der Waals surface area contributed by atoms with Crippen LogP contribution in [0, 0.1) is 0 Å². The summed E-state index contributed by atoms with van der Waals surface area (Å²) in [5, 5.41) is 8.22. The van der Waals surface area contributed by atoms with E-state index in [0.717, 1.165) is 29.3 Å². The lowest BCUT2D eigenvalue weighted by Crippen LogP contribution is -1.94. The Labute approximate surface area is 94.3 Å². The maximum atomic E-state index is 5.04. The first-order valence-corrected chi connectivity index (χ1v) is 5.16. The van der Waals surface area contributed by atoms with Crippen molar-refractivity contribution in [2.24, 2.45) is 0 Å². The zero-order valence-corrected chi connectivity index (χ0v) is 9.34. The van der Waals surface area contributed by atoms with Gasteiger partial charge in [0.25, 0.3) is 0 Å². The summed E-state index contributed by atoms with van der Waals surface area (Å²) < 4.78 is 5.04. The molecule has 0 aromatic carbocycles. The molecule has 0 spiro atoms. The summed E-state index contributed by atoms with van der Waals surface area (Å²) >= 11 is 0. The summed E-state index contributed by atoms with van der Waals surface area (Å²) in [6, 6.07) is 7.63. The average Bonchev–Trinajstić information content (AvgIpc) is 2.39. The van der Waals surface area contributed by atoms with Gasteiger partial charge in [-0.05, 0) is 30.7 Å². The molecule has 2 rings (SSSR count). The van der Waals surface area contributed by atoms with E-state index in [1.807, 2.05) is 24.3 Å². The number of pyridine rings is 1. The minimum Gasteiger partial charge on any atom is -0.495 e. The van der Waals surface area contributed by atoms with Crippen molar-refractivity contribution >= 4 is 0 Å². The highest BCUT2D eigenvalue weighted by molar-refractivity contribution is 5.53. The maximum absolute atomic E-state index is 5.04. The molecular weight excluding hydrogens is 202 g/mol. The first kappa shape index (κ1) is 10.5.